The largest absolute Gasteiger partial charge is 0.192 e. The van der Waals surface area contributed by atoms with E-state index in [-0.39, 0.29) is 7.43 Å². The summed E-state index contributed by atoms with van der Waals surface area (Å²) in [6.07, 6.45) is 0. The molecular weight excluding hydrogens is 118 g/mol. The summed E-state index contributed by atoms with van der Waals surface area (Å²) in [7, 11) is 0. The molecule has 0 N–H and O–H groups in total. The molecule has 1 aromatic rings. The highest BCUT2D eigenvalue weighted by molar-refractivity contribution is 7.10. The Kier molecular flexibility index (Phi) is 2.90. The Labute approximate surface area is 53.2 Å². The van der Waals surface area contributed by atoms with Crippen LogP contribution in [0.1, 0.15) is 12.3 Å². The minimum Gasteiger partial charge on any atom is -0.192 e. The average Bonchev–Trinajstić information content (AvgIpc) is 2.14. The van der Waals surface area contributed by atoms with Crippen molar-refractivity contribution in [2.45, 2.75) is 7.43 Å². The highest BCUT2D eigenvalue weighted by Crippen LogP contribution is 2.04. The summed E-state index contributed by atoms with van der Waals surface area (Å²) >= 11 is 1.46. The second kappa shape index (κ2) is 3.23. The number of rotatable bonds is 0. The van der Waals surface area contributed by atoms with E-state index in [0.717, 1.165) is 4.88 Å². The van der Waals surface area contributed by atoms with Gasteiger partial charge in [0.2, 0.25) is 0 Å². The molecule has 42 valence electrons. The monoisotopic (exact) mass is 125 g/mol. The maximum absolute atomic E-state index is 8.19. The number of hydrogen-bond donors (Lipinski definition) is 0. The zero-order valence-electron chi connectivity index (χ0n) is 3.59. The molecule has 1 nitrogen and oxygen atoms in total. The van der Waals surface area contributed by atoms with Crippen LogP contribution in [0.2, 0.25) is 0 Å². The molecule has 0 saturated heterocycles. The molecule has 0 aliphatic carbocycles. The van der Waals surface area contributed by atoms with Gasteiger partial charge in [-0.25, -0.2) is 0 Å². The van der Waals surface area contributed by atoms with Crippen LogP contribution in [0.5, 0.6) is 0 Å². The minimum atomic E-state index is 0. The highest BCUT2D eigenvalue weighted by atomic mass is 32.1. The predicted molar refractivity (Wildman–Crippen MR) is 35.8 cm³/mol. The van der Waals surface area contributed by atoms with Crippen molar-refractivity contribution in [3.05, 3.63) is 22.4 Å². The second-order valence-electron chi connectivity index (χ2n) is 1.09. The molecular formula is C6H7NS. The van der Waals surface area contributed by atoms with E-state index in [1.165, 1.54) is 11.3 Å². The number of nitriles is 1. The Morgan fingerprint density at radius 3 is 2.62 bits per heavy atom. The third-order valence-corrected chi connectivity index (χ3v) is 1.41. The zero-order chi connectivity index (χ0) is 5.11. The molecule has 0 radical (unpaired) electrons. The Morgan fingerprint density at radius 2 is 2.38 bits per heavy atom. The SMILES string of the molecule is C.N#Cc1cccs1. The summed E-state index contributed by atoms with van der Waals surface area (Å²) in [5, 5.41) is 10.1. The summed E-state index contributed by atoms with van der Waals surface area (Å²) in [5.41, 5.74) is 0. The molecule has 0 amide bonds. The van der Waals surface area contributed by atoms with Crippen molar-refractivity contribution in [3.8, 4) is 6.07 Å². The predicted octanol–water partition coefficient (Wildman–Crippen LogP) is 2.26. The van der Waals surface area contributed by atoms with Gasteiger partial charge in [-0.2, -0.15) is 5.26 Å². The summed E-state index contributed by atoms with van der Waals surface area (Å²) in [6.45, 7) is 0. The fourth-order valence-electron chi connectivity index (χ4n) is 0.342. The first-order valence-corrected chi connectivity index (χ1v) is 2.75. The molecule has 0 saturated carbocycles. The minimum absolute atomic E-state index is 0. The third-order valence-electron chi connectivity index (χ3n) is 0.631. The van der Waals surface area contributed by atoms with E-state index in [1.807, 2.05) is 17.5 Å². The zero-order valence-corrected chi connectivity index (χ0v) is 4.40. The van der Waals surface area contributed by atoms with Crippen LogP contribution in [-0.4, -0.2) is 0 Å². The lowest BCUT2D eigenvalue weighted by Gasteiger charge is -1.62. The summed E-state index contributed by atoms with van der Waals surface area (Å²) in [5.74, 6) is 0. The van der Waals surface area contributed by atoms with Crippen LogP contribution in [0, 0.1) is 11.3 Å². The van der Waals surface area contributed by atoms with Gasteiger partial charge in [-0.15, -0.1) is 11.3 Å². The van der Waals surface area contributed by atoms with Gasteiger partial charge < -0.3 is 0 Å². The van der Waals surface area contributed by atoms with E-state index in [1.54, 1.807) is 6.07 Å². The van der Waals surface area contributed by atoms with Crippen molar-refractivity contribution in [1.82, 2.24) is 0 Å². The second-order valence-corrected chi connectivity index (χ2v) is 2.04. The molecule has 1 aromatic heterocycles. The van der Waals surface area contributed by atoms with Crippen molar-refractivity contribution >= 4 is 11.3 Å². The van der Waals surface area contributed by atoms with Gasteiger partial charge in [-0.1, -0.05) is 13.5 Å². The van der Waals surface area contributed by atoms with E-state index in [2.05, 4.69) is 0 Å². The van der Waals surface area contributed by atoms with Gasteiger partial charge in [0.25, 0.3) is 0 Å². The molecule has 0 fully saturated rings. The van der Waals surface area contributed by atoms with Crippen LogP contribution in [-0.2, 0) is 0 Å². The van der Waals surface area contributed by atoms with Crippen LogP contribution in [0.25, 0.3) is 0 Å². The maximum Gasteiger partial charge on any atom is 0.110 e. The van der Waals surface area contributed by atoms with Crippen molar-refractivity contribution in [2.24, 2.45) is 0 Å². The van der Waals surface area contributed by atoms with Gasteiger partial charge in [0, 0.05) is 0 Å². The molecule has 0 unspecified atom stereocenters. The quantitative estimate of drug-likeness (QED) is 0.521. The first kappa shape index (κ1) is 7.19. The molecule has 0 spiro atoms. The van der Waals surface area contributed by atoms with Gasteiger partial charge in [0.1, 0.15) is 10.9 Å². The van der Waals surface area contributed by atoms with Crippen LogP contribution in [0.15, 0.2) is 17.5 Å². The molecule has 8 heavy (non-hydrogen) atoms. The topological polar surface area (TPSA) is 23.8 Å². The van der Waals surface area contributed by atoms with Gasteiger partial charge >= 0.3 is 0 Å². The summed E-state index contributed by atoms with van der Waals surface area (Å²) in [4.78, 5) is 0.778. The van der Waals surface area contributed by atoms with E-state index in [4.69, 9.17) is 5.26 Å². The van der Waals surface area contributed by atoms with Crippen molar-refractivity contribution in [2.75, 3.05) is 0 Å². The van der Waals surface area contributed by atoms with Gasteiger partial charge in [0.15, 0.2) is 0 Å². The number of hydrogen-bond acceptors (Lipinski definition) is 2. The molecule has 0 aromatic carbocycles. The van der Waals surface area contributed by atoms with Gasteiger partial charge in [0.05, 0.1) is 0 Å². The van der Waals surface area contributed by atoms with Crippen LogP contribution < -0.4 is 0 Å². The summed E-state index contributed by atoms with van der Waals surface area (Å²) in [6, 6.07) is 5.69. The Bertz CT molecular complexity index is 171. The molecule has 0 atom stereocenters. The van der Waals surface area contributed by atoms with Crippen molar-refractivity contribution < 1.29 is 0 Å². The van der Waals surface area contributed by atoms with Crippen LogP contribution in [0.3, 0.4) is 0 Å². The fraction of sp³-hybridized carbons (Fsp3) is 0.167. The summed E-state index contributed by atoms with van der Waals surface area (Å²) < 4.78 is 0. The number of thiophene rings is 1. The van der Waals surface area contributed by atoms with E-state index in [9.17, 15) is 0 Å². The van der Waals surface area contributed by atoms with Crippen molar-refractivity contribution in [1.29, 1.82) is 5.26 Å². The lowest BCUT2D eigenvalue weighted by atomic mass is 10.5. The molecule has 1 rings (SSSR count). The first-order valence-electron chi connectivity index (χ1n) is 1.87. The Morgan fingerprint density at radius 1 is 1.62 bits per heavy atom. The van der Waals surface area contributed by atoms with E-state index >= 15 is 0 Å². The molecule has 0 bridgehead atoms. The van der Waals surface area contributed by atoms with E-state index < -0.39 is 0 Å². The third kappa shape index (κ3) is 1.36. The van der Waals surface area contributed by atoms with E-state index in [0.29, 0.717) is 0 Å². The Hall–Kier alpha value is -0.810. The van der Waals surface area contributed by atoms with Crippen LogP contribution in [0.4, 0.5) is 0 Å². The molecule has 0 aliphatic heterocycles. The fourth-order valence-corrected chi connectivity index (χ4v) is 0.856. The number of nitrogens with zero attached hydrogens (tertiary/aromatic N) is 1. The molecule has 2 heteroatoms. The maximum atomic E-state index is 8.19. The van der Waals surface area contributed by atoms with Gasteiger partial charge in [-0.05, 0) is 11.4 Å². The smallest absolute Gasteiger partial charge is 0.110 e. The highest BCUT2D eigenvalue weighted by Gasteiger charge is 1.82. The Balaban J connectivity index is 0.000000490. The standard InChI is InChI=1S/C5H3NS.CH4/c6-4-5-2-1-3-7-5;/h1-3H;1H4. The molecule has 0 aliphatic rings. The van der Waals surface area contributed by atoms with Crippen LogP contribution >= 0.6 is 11.3 Å². The lowest BCUT2D eigenvalue weighted by molar-refractivity contribution is 1.52. The van der Waals surface area contributed by atoms with Crippen molar-refractivity contribution in [3.63, 3.8) is 0 Å². The normalized spacial score (nSPS) is 6.88. The van der Waals surface area contributed by atoms with Gasteiger partial charge in [-0.3, -0.25) is 0 Å². The first-order chi connectivity index (χ1) is 3.43. The lowest BCUT2D eigenvalue weighted by Crippen LogP contribution is -1.50. The average molecular weight is 125 g/mol. The molecule has 1 heterocycles.